The smallest absolute Gasteiger partial charge is 0.294 e. The van der Waals surface area contributed by atoms with E-state index < -0.39 is 5.82 Å². The number of nitrogens with two attached hydrogens (primary N) is 1. The molecule has 4 nitrogen and oxygen atoms in total. The highest BCUT2D eigenvalue weighted by Crippen LogP contribution is 2.35. The highest BCUT2D eigenvalue weighted by Gasteiger charge is 2.24. The van der Waals surface area contributed by atoms with Crippen LogP contribution >= 0.6 is 11.6 Å². The van der Waals surface area contributed by atoms with Crippen molar-refractivity contribution in [3.63, 3.8) is 0 Å². The molecule has 3 rings (SSSR count). The van der Waals surface area contributed by atoms with Crippen molar-refractivity contribution in [3.8, 4) is 5.69 Å². The van der Waals surface area contributed by atoms with Crippen molar-refractivity contribution in [1.29, 1.82) is 0 Å². The molecule has 1 saturated carbocycles. The molecule has 1 aliphatic carbocycles. The monoisotopic (exact) mass is 295 g/mol. The van der Waals surface area contributed by atoms with Gasteiger partial charge in [-0.25, -0.2) is 9.07 Å². The van der Waals surface area contributed by atoms with Crippen LogP contribution in [0.4, 0.5) is 10.1 Å². The van der Waals surface area contributed by atoms with Crippen LogP contribution in [-0.2, 0) is 0 Å². The Labute approximate surface area is 120 Å². The zero-order valence-corrected chi connectivity index (χ0v) is 11.6. The number of benzene rings is 1. The van der Waals surface area contributed by atoms with Crippen LogP contribution in [0.3, 0.4) is 0 Å². The van der Waals surface area contributed by atoms with E-state index in [2.05, 4.69) is 5.10 Å². The molecular weight excluding hydrogens is 281 g/mol. The predicted molar refractivity (Wildman–Crippen MR) is 77.0 cm³/mol. The van der Waals surface area contributed by atoms with Gasteiger partial charge in [-0.2, -0.15) is 0 Å². The lowest BCUT2D eigenvalue weighted by Gasteiger charge is -2.07. The Hall–Kier alpha value is -1.75. The standard InChI is InChI=1S/C14H15ClFN3O/c15-10-6-5-9(7-11(10)16)19-14(20)12(17)13(18-19)8-3-1-2-4-8/h5-8,18H,1-4,17H2. The summed E-state index contributed by atoms with van der Waals surface area (Å²) in [7, 11) is 0. The van der Waals surface area contributed by atoms with Gasteiger partial charge in [0, 0.05) is 12.0 Å². The minimum atomic E-state index is -0.563. The van der Waals surface area contributed by atoms with Crippen LogP contribution in [0, 0.1) is 5.82 Å². The van der Waals surface area contributed by atoms with Gasteiger partial charge >= 0.3 is 0 Å². The molecule has 20 heavy (non-hydrogen) atoms. The number of hydrogen-bond acceptors (Lipinski definition) is 2. The Morgan fingerprint density at radius 1 is 1.35 bits per heavy atom. The Bertz CT molecular complexity index is 701. The van der Waals surface area contributed by atoms with Gasteiger partial charge in [0.25, 0.3) is 5.56 Å². The Morgan fingerprint density at radius 2 is 2.05 bits per heavy atom. The van der Waals surface area contributed by atoms with Crippen molar-refractivity contribution >= 4 is 17.3 Å². The summed E-state index contributed by atoms with van der Waals surface area (Å²) in [4.78, 5) is 12.2. The molecule has 1 aliphatic rings. The van der Waals surface area contributed by atoms with E-state index in [1.54, 1.807) is 6.07 Å². The SMILES string of the molecule is Nc1c(C2CCCC2)[nH]n(-c2ccc(Cl)c(F)c2)c1=O. The van der Waals surface area contributed by atoms with Crippen LogP contribution in [0.15, 0.2) is 23.0 Å². The molecule has 0 unspecified atom stereocenters. The molecule has 1 heterocycles. The van der Waals surface area contributed by atoms with Crippen LogP contribution < -0.4 is 11.3 Å². The van der Waals surface area contributed by atoms with Gasteiger partial charge in [-0.15, -0.1) is 0 Å². The second-order valence-corrected chi connectivity index (χ2v) is 5.57. The molecule has 0 amide bonds. The highest BCUT2D eigenvalue weighted by atomic mass is 35.5. The molecule has 0 radical (unpaired) electrons. The third-order valence-corrected chi connectivity index (χ3v) is 4.19. The van der Waals surface area contributed by atoms with Crippen molar-refractivity contribution < 1.29 is 4.39 Å². The first-order chi connectivity index (χ1) is 9.58. The number of halogens is 2. The van der Waals surface area contributed by atoms with E-state index in [0.29, 0.717) is 11.6 Å². The first-order valence-corrected chi connectivity index (χ1v) is 7.01. The van der Waals surface area contributed by atoms with Crippen LogP contribution in [0.5, 0.6) is 0 Å². The van der Waals surface area contributed by atoms with Gasteiger partial charge in [-0.05, 0) is 25.0 Å². The van der Waals surface area contributed by atoms with E-state index in [1.165, 1.54) is 16.8 Å². The van der Waals surface area contributed by atoms with Gasteiger partial charge < -0.3 is 5.73 Å². The summed E-state index contributed by atoms with van der Waals surface area (Å²) in [5, 5.41) is 3.05. The molecule has 0 aliphatic heterocycles. The molecule has 106 valence electrons. The molecule has 1 fully saturated rings. The lowest BCUT2D eigenvalue weighted by atomic mass is 10.0. The van der Waals surface area contributed by atoms with Gasteiger partial charge in [-0.3, -0.25) is 9.89 Å². The van der Waals surface area contributed by atoms with Crippen molar-refractivity contribution in [2.24, 2.45) is 0 Å². The number of H-pyrrole nitrogens is 1. The maximum absolute atomic E-state index is 13.5. The number of anilines is 1. The predicted octanol–water partition coefficient (Wildman–Crippen LogP) is 3.20. The normalized spacial score (nSPS) is 15.9. The summed E-state index contributed by atoms with van der Waals surface area (Å²) in [6.07, 6.45) is 4.35. The average Bonchev–Trinajstić information content (AvgIpc) is 3.04. The first kappa shape index (κ1) is 13.2. The molecule has 0 saturated heterocycles. The van der Waals surface area contributed by atoms with Gasteiger partial charge in [0.1, 0.15) is 11.5 Å². The Kier molecular flexibility index (Phi) is 3.30. The van der Waals surface area contributed by atoms with Gasteiger partial charge in [0.15, 0.2) is 0 Å². The number of rotatable bonds is 2. The van der Waals surface area contributed by atoms with Gasteiger partial charge in [0.05, 0.1) is 16.4 Å². The molecule has 0 spiro atoms. The summed E-state index contributed by atoms with van der Waals surface area (Å²) in [6.45, 7) is 0. The molecule has 1 aromatic heterocycles. The van der Waals surface area contributed by atoms with Gasteiger partial charge in [-0.1, -0.05) is 24.4 Å². The molecule has 2 aromatic rings. The number of aromatic amines is 1. The fraction of sp³-hybridized carbons (Fsp3) is 0.357. The minimum Gasteiger partial charge on any atom is -0.393 e. The fourth-order valence-corrected chi connectivity index (χ4v) is 2.92. The Morgan fingerprint density at radius 3 is 2.70 bits per heavy atom. The van der Waals surface area contributed by atoms with Crippen LogP contribution in [0.1, 0.15) is 37.3 Å². The topological polar surface area (TPSA) is 63.8 Å². The quantitative estimate of drug-likeness (QED) is 0.893. The van der Waals surface area contributed by atoms with Crippen molar-refractivity contribution in [2.75, 3.05) is 5.73 Å². The number of nitrogens with zero attached hydrogens (tertiary/aromatic N) is 1. The maximum Gasteiger partial charge on any atom is 0.294 e. The van der Waals surface area contributed by atoms with E-state index in [1.807, 2.05) is 0 Å². The van der Waals surface area contributed by atoms with E-state index in [0.717, 1.165) is 31.4 Å². The maximum atomic E-state index is 13.5. The minimum absolute atomic E-state index is 0.0253. The number of aromatic nitrogens is 2. The average molecular weight is 296 g/mol. The van der Waals surface area contributed by atoms with E-state index >= 15 is 0 Å². The summed E-state index contributed by atoms with van der Waals surface area (Å²) in [6, 6.07) is 4.23. The van der Waals surface area contributed by atoms with E-state index in [9.17, 15) is 9.18 Å². The second kappa shape index (κ2) is 4.98. The zero-order chi connectivity index (χ0) is 14.3. The number of hydrogen-bond donors (Lipinski definition) is 2. The fourth-order valence-electron chi connectivity index (χ4n) is 2.80. The van der Waals surface area contributed by atoms with Gasteiger partial charge in [0.2, 0.25) is 0 Å². The summed E-state index contributed by atoms with van der Waals surface area (Å²) < 4.78 is 14.8. The summed E-state index contributed by atoms with van der Waals surface area (Å²) in [5.74, 6) is -0.271. The van der Waals surface area contributed by atoms with Crippen molar-refractivity contribution in [1.82, 2.24) is 9.78 Å². The molecule has 1 aromatic carbocycles. The second-order valence-electron chi connectivity index (χ2n) is 5.16. The van der Waals surface area contributed by atoms with Crippen LogP contribution in [-0.4, -0.2) is 9.78 Å². The first-order valence-electron chi connectivity index (χ1n) is 6.63. The van der Waals surface area contributed by atoms with E-state index in [-0.39, 0.29) is 16.3 Å². The Balaban J connectivity index is 2.07. The largest absolute Gasteiger partial charge is 0.393 e. The van der Waals surface area contributed by atoms with E-state index in [4.69, 9.17) is 17.3 Å². The molecule has 0 atom stereocenters. The third-order valence-electron chi connectivity index (χ3n) is 3.88. The number of nitrogens with one attached hydrogen (secondary N) is 1. The lowest BCUT2D eigenvalue weighted by Crippen LogP contribution is -2.16. The van der Waals surface area contributed by atoms with Crippen LogP contribution in [0.2, 0.25) is 5.02 Å². The highest BCUT2D eigenvalue weighted by molar-refractivity contribution is 6.30. The number of nitrogen functional groups attached to an aromatic ring is 1. The third kappa shape index (κ3) is 2.12. The molecular formula is C14H15ClFN3O. The zero-order valence-electron chi connectivity index (χ0n) is 10.8. The van der Waals surface area contributed by atoms with Crippen molar-refractivity contribution in [2.45, 2.75) is 31.6 Å². The van der Waals surface area contributed by atoms with Crippen molar-refractivity contribution in [3.05, 3.63) is 45.1 Å². The molecule has 0 bridgehead atoms. The molecule has 3 N–H and O–H groups in total. The molecule has 6 heteroatoms. The van der Waals surface area contributed by atoms with Crippen LogP contribution in [0.25, 0.3) is 5.69 Å². The lowest BCUT2D eigenvalue weighted by molar-refractivity contribution is 0.624. The summed E-state index contributed by atoms with van der Waals surface area (Å²) in [5.41, 5.74) is 6.96. The summed E-state index contributed by atoms with van der Waals surface area (Å²) >= 11 is 5.65.